The summed E-state index contributed by atoms with van der Waals surface area (Å²) in [5, 5.41) is 7.86. The highest BCUT2D eigenvalue weighted by Crippen LogP contribution is 2.39. The van der Waals surface area contributed by atoms with Crippen LogP contribution in [0.4, 0.5) is 0 Å². The lowest BCUT2D eigenvalue weighted by molar-refractivity contribution is 0.501. The molecular formula is C9H14ClN3S. The summed E-state index contributed by atoms with van der Waals surface area (Å²) < 4.78 is 2.43. The second kappa shape index (κ2) is 4.11. The number of aromatic nitrogens is 3. The largest absolute Gasteiger partial charge is 0.315 e. The van der Waals surface area contributed by atoms with E-state index in [0.717, 1.165) is 12.4 Å². The highest BCUT2D eigenvalue weighted by molar-refractivity contribution is 8.00. The van der Waals surface area contributed by atoms with Crippen molar-refractivity contribution in [3.8, 4) is 0 Å². The Labute approximate surface area is 93.2 Å². The number of halogens is 1. The van der Waals surface area contributed by atoms with Crippen molar-refractivity contribution < 1.29 is 0 Å². The monoisotopic (exact) mass is 231 g/mol. The minimum absolute atomic E-state index is 0.350. The van der Waals surface area contributed by atoms with Gasteiger partial charge in [0.2, 0.25) is 0 Å². The molecule has 0 bridgehead atoms. The first-order valence-corrected chi connectivity index (χ1v) is 6.32. The molecule has 1 aliphatic rings. The molecule has 0 spiro atoms. The zero-order valence-corrected chi connectivity index (χ0v) is 9.81. The van der Waals surface area contributed by atoms with Crippen LogP contribution in [0.5, 0.6) is 0 Å². The van der Waals surface area contributed by atoms with Crippen LogP contribution in [-0.4, -0.2) is 25.3 Å². The van der Waals surface area contributed by atoms with Crippen LogP contribution < -0.4 is 0 Å². The predicted molar refractivity (Wildman–Crippen MR) is 59.7 cm³/mol. The van der Waals surface area contributed by atoms with Gasteiger partial charge in [-0.3, -0.25) is 0 Å². The Morgan fingerprint density at radius 1 is 1.71 bits per heavy atom. The van der Waals surface area contributed by atoms with E-state index < -0.39 is 0 Å². The van der Waals surface area contributed by atoms with Crippen LogP contribution in [0.2, 0.25) is 0 Å². The lowest BCUT2D eigenvalue weighted by Gasteiger charge is -2.23. The Bertz CT molecular complexity index is 307. The average molecular weight is 232 g/mol. The van der Waals surface area contributed by atoms with Crippen molar-refractivity contribution >= 4 is 23.4 Å². The maximum Gasteiger partial charge on any atom is 0.147 e. The molecule has 1 aromatic heterocycles. The zero-order valence-electron chi connectivity index (χ0n) is 8.24. The molecule has 14 heavy (non-hydrogen) atoms. The molecular weight excluding hydrogens is 218 g/mol. The van der Waals surface area contributed by atoms with Crippen LogP contribution in [0.25, 0.3) is 0 Å². The number of alkyl halides is 1. The third-order valence-electron chi connectivity index (χ3n) is 2.62. The topological polar surface area (TPSA) is 30.7 Å². The minimum atomic E-state index is 0.350. The van der Waals surface area contributed by atoms with E-state index in [1.165, 1.54) is 18.6 Å². The molecule has 0 N–H and O–H groups in total. The molecule has 0 saturated carbocycles. The molecule has 5 heteroatoms. The van der Waals surface area contributed by atoms with E-state index in [0.29, 0.717) is 10.6 Å². The van der Waals surface area contributed by atoms with Gasteiger partial charge in [-0.05, 0) is 25.5 Å². The van der Waals surface area contributed by atoms with Crippen LogP contribution in [-0.2, 0) is 12.4 Å². The maximum atomic E-state index is 5.77. The number of hydrogen-bond donors (Lipinski definition) is 0. The number of nitrogens with zero attached hydrogens (tertiary/aromatic N) is 3. The number of thioether (sulfide) groups is 1. The van der Waals surface area contributed by atoms with Gasteiger partial charge in [0.1, 0.15) is 12.2 Å². The van der Waals surface area contributed by atoms with E-state index >= 15 is 0 Å². The van der Waals surface area contributed by atoms with Gasteiger partial charge in [-0.2, -0.15) is 11.8 Å². The predicted octanol–water partition coefficient (Wildman–Crippen LogP) is 2.30. The lowest BCUT2D eigenvalue weighted by atomic mass is 10.1. The summed E-state index contributed by atoms with van der Waals surface area (Å²) in [6, 6.07) is 0. The first-order chi connectivity index (χ1) is 6.73. The highest BCUT2D eigenvalue weighted by Gasteiger charge is 2.30. The second-order valence-electron chi connectivity index (χ2n) is 3.91. The fourth-order valence-corrected chi connectivity index (χ4v) is 3.34. The van der Waals surface area contributed by atoms with Crippen LogP contribution in [0.1, 0.15) is 25.6 Å². The Balaban J connectivity index is 2.09. The van der Waals surface area contributed by atoms with Gasteiger partial charge < -0.3 is 4.57 Å². The summed E-state index contributed by atoms with van der Waals surface area (Å²) >= 11 is 7.82. The molecule has 0 aromatic carbocycles. The Morgan fingerprint density at radius 3 is 3.21 bits per heavy atom. The second-order valence-corrected chi connectivity index (χ2v) is 5.86. The molecule has 1 aliphatic heterocycles. The lowest BCUT2D eigenvalue weighted by Crippen LogP contribution is -2.24. The van der Waals surface area contributed by atoms with Crippen molar-refractivity contribution in [2.45, 2.75) is 36.9 Å². The molecule has 2 heterocycles. The first-order valence-electron chi connectivity index (χ1n) is 4.80. The molecule has 1 unspecified atom stereocenters. The summed E-state index contributed by atoms with van der Waals surface area (Å²) in [7, 11) is 0. The van der Waals surface area contributed by atoms with E-state index in [1.54, 1.807) is 6.33 Å². The third kappa shape index (κ3) is 2.06. The Kier molecular flexibility index (Phi) is 3.02. The Morgan fingerprint density at radius 2 is 2.57 bits per heavy atom. The van der Waals surface area contributed by atoms with Crippen LogP contribution in [0.3, 0.4) is 0 Å². The normalized spacial score (nSPS) is 27.0. The molecule has 1 saturated heterocycles. The maximum absolute atomic E-state index is 5.77. The molecule has 1 fully saturated rings. The number of rotatable bonds is 3. The van der Waals surface area contributed by atoms with Crippen molar-refractivity contribution in [3.05, 3.63) is 12.2 Å². The zero-order chi connectivity index (χ0) is 10.0. The van der Waals surface area contributed by atoms with E-state index in [9.17, 15) is 0 Å². The summed E-state index contributed by atoms with van der Waals surface area (Å²) in [5.74, 6) is 2.59. The minimum Gasteiger partial charge on any atom is -0.315 e. The molecule has 1 atom stereocenters. The smallest absolute Gasteiger partial charge is 0.147 e. The van der Waals surface area contributed by atoms with Crippen molar-refractivity contribution in [1.29, 1.82) is 0 Å². The molecule has 3 nitrogen and oxygen atoms in total. The van der Waals surface area contributed by atoms with Gasteiger partial charge in [-0.15, -0.1) is 21.8 Å². The Hall–Kier alpha value is -0.220. The van der Waals surface area contributed by atoms with Crippen molar-refractivity contribution in [1.82, 2.24) is 14.8 Å². The van der Waals surface area contributed by atoms with Gasteiger partial charge in [0, 0.05) is 11.3 Å². The molecule has 1 aromatic rings. The van der Waals surface area contributed by atoms with E-state index in [2.05, 4.69) is 21.7 Å². The highest BCUT2D eigenvalue weighted by atomic mass is 35.5. The molecule has 0 radical (unpaired) electrons. The fraction of sp³-hybridized carbons (Fsp3) is 0.778. The average Bonchev–Trinajstić information content (AvgIpc) is 2.75. The van der Waals surface area contributed by atoms with Gasteiger partial charge in [-0.1, -0.05) is 0 Å². The van der Waals surface area contributed by atoms with Gasteiger partial charge in [0.05, 0.1) is 5.88 Å². The number of hydrogen-bond acceptors (Lipinski definition) is 3. The summed E-state index contributed by atoms with van der Waals surface area (Å²) in [5.41, 5.74) is 0. The van der Waals surface area contributed by atoms with E-state index in [-0.39, 0.29) is 0 Å². The van der Waals surface area contributed by atoms with Crippen molar-refractivity contribution in [3.63, 3.8) is 0 Å². The van der Waals surface area contributed by atoms with Gasteiger partial charge >= 0.3 is 0 Å². The summed E-state index contributed by atoms with van der Waals surface area (Å²) in [4.78, 5) is 0. The standard InChI is InChI=1S/C9H14ClN3S/c1-9(3-2-4-14-9)6-13-7-11-12-8(13)5-10/h7H,2-6H2,1H3. The molecule has 78 valence electrons. The molecule has 0 amide bonds. The quantitative estimate of drug-likeness (QED) is 0.748. The van der Waals surface area contributed by atoms with Gasteiger partial charge in [-0.25, -0.2) is 0 Å². The third-order valence-corrected chi connectivity index (χ3v) is 4.38. The van der Waals surface area contributed by atoms with Gasteiger partial charge in [0.15, 0.2) is 0 Å². The van der Waals surface area contributed by atoms with Gasteiger partial charge in [0.25, 0.3) is 0 Å². The van der Waals surface area contributed by atoms with Crippen LogP contribution >= 0.6 is 23.4 Å². The SMILES string of the molecule is CC1(Cn2cnnc2CCl)CCCS1. The van der Waals surface area contributed by atoms with Crippen molar-refractivity contribution in [2.75, 3.05) is 5.75 Å². The van der Waals surface area contributed by atoms with E-state index in [1.807, 2.05) is 11.8 Å². The van der Waals surface area contributed by atoms with Crippen LogP contribution in [0, 0.1) is 0 Å². The molecule has 0 aliphatic carbocycles. The van der Waals surface area contributed by atoms with Crippen molar-refractivity contribution in [2.24, 2.45) is 0 Å². The summed E-state index contributed by atoms with van der Waals surface area (Å²) in [6.45, 7) is 3.29. The molecule has 2 rings (SSSR count). The van der Waals surface area contributed by atoms with E-state index in [4.69, 9.17) is 11.6 Å². The van der Waals surface area contributed by atoms with Crippen LogP contribution in [0.15, 0.2) is 6.33 Å². The summed E-state index contributed by atoms with van der Waals surface area (Å²) in [6.07, 6.45) is 4.37. The first kappa shape index (κ1) is 10.3. The fourth-order valence-electron chi connectivity index (χ4n) is 1.84.